The maximum Gasteiger partial charge on any atom is 0.416 e. The van der Waals surface area contributed by atoms with Crippen molar-refractivity contribution in [1.29, 1.82) is 0 Å². The van der Waals surface area contributed by atoms with E-state index in [-0.39, 0.29) is 0 Å². The lowest BCUT2D eigenvalue weighted by atomic mass is 9.99. The zero-order valence-corrected chi connectivity index (χ0v) is 12.9. The van der Waals surface area contributed by atoms with E-state index in [0.29, 0.717) is 22.9 Å². The molecule has 2 N–H and O–H groups in total. The first-order valence-electron chi connectivity index (χ1n) is 6.38. The number of hydrogen-bond acceptors (Lipinski definition) is 2. The number of nitrogens with two attached hydrogens (primary N) is 1. The highest BCUT2D eigenvalue weighted by molar-refractivity contribution is 9.10. The molecule has 7 heteroatoms. The van der Waals surface area contributed by atoms with Crippen LogP contribution in [0.3, 0.4) is 0 Å². The van der Waals surface area contributed by atoms with Crippen LogP contribution in [0.2, 0.25) is 0 Å². The van der Waals surface area contributed by atoms with Gasteiger partial charge < -0.3 is 5.73 Å². The largest absolute Gasteiger partial charge is 0.416 e. The molecule has 0 amide bonds. The van der Waals surface area contributed by atoms with E-state index in [2.05, 4.69) is 21.0 Å². The second-order valence-electron chi connectivity index (χ2n) is 4.83. The SMILES string of the molecule is Cn1nccc1CCC(N)c1cc(C(F)(F)F)ccc1Br. The molecule has 0 saturated heterocycles. The van der Waals surface area contributed by atoms with E-state index < -0.39 is 17.8 Å². The Morgan fingerprint density at radius 3 is 2.62 bits per heavy atom. The van der Waals surface area contributed by atoms with Crippen molar-refractivity contribution in [2.45, 2.75) is 25.1 Å². The molecule has 0 fully saturated rings. The Morgan fingerprint density at radius 2 is 2.05 bits per heavy atom. The minimum absolute atomic E-state index is 0.465. The van der Waals surface area contributed by atoms with Crippen LogP contribution in [-0.4, -0.2) is 9.78 Å². The molecule has 1 unspecified atom stereocenters. The van der Waals surface area contributed by atoms with Crippen molar-refractivity contribution >= 4 is 15.9 Å². The Kier molecular flexibility index (Phi) is 4.73. The second kappa shape index (κ2) is 6.19. The third kappa shape index (κ3) is 3.85. The molecule has 0 aliphatic carbocycles. The third-order valence-corrected chi connectivity index (χ3v) is 4.08. The Bertz CT molecular complexity index is 622. The molecule has 0 saturated carbocycles. The van der Waals surface area contributed by atoms with Crippen LogP contribution in [0.1, 0.15) is 29.3 Å². The molecule has 1 aromatic heterocycles. The highest BCUT2D eigenvalue weighted by Gasteiger charge is 2.31. The predicted molar refractivity (Wildman–Crippen MR) is 77.6 cm³/mol. The Morgan fingerprint density at radius 1 is 1.33 bits per heavy atom. The number of aryl methyl sites for hydroxylation is 2. The lowest BCUT2D eigenvalue weighted by Crippen LogP contribution is -2.15. The van der Waals surface area contributed by atoms with Crippen LogP contribution in [0.5, 0.6) is 0 Å². The van der Waals surface area contributed by atoms with Gasteiger partial charge >= 0.3 is 6.18 Å². The van der Waals surface area contributed by atoms with E-state index in [1.807, 2.05) is 13.1 Å². The summed E-state index contributed by atoms with van der Waals surface area (Å²) in [4.78, 5) is 0. The molecular formula is C14H15BrF3N3. The van der Waals surface area contributed by atoms with Gasteiger partial charge in [-0.2, -0.15) is 18.3 Å². The summed E-state index contributed by atoms with van der Waals surface area (Å²) in [6, 6.07) is 4.94. The lowest BCUT2D eigenvalue weighted by molar-refractivity contribution is -0.137. The number of rotatable bonds is 4. The maximum atomic E-state index is 12.8. The van der Waals surface area contributed by atoms with Gasteiger partial charge in [-0.3, -0.25) is 4.68 Å². The number of nitrogens with zero attached hydrogens (tertiary/aromatic N) is 2. The van der Waals surface area contributed by atoms with Gasteiger partial charge in [0.2, 0.25) is 0 Å². The normalized spacial score (nSPS) is 13.4. The number of halogens is 4. The van der Waals surface area contributed by atoms with Gasteiger partial charge in [-0.25, -0.2) is 0 Å². The van der Waals surface area contributed by atoms with Gasteiger partial charge in [-0.15, -0.1) is 0 Å². The summed E-state index contributed by atoms with van der Waals surface area (Å²) in [6.07, 6.45) is -1.49. The summed E-state index contributed by atoms with van der Waals surface area (Å²) in [7, 11) is 1.82. The Labute approximate surface area is 129 Å². The monoisotopic (exact) mass is 361 g/mol. The molecule has 1 aromatic carbocycles. The quantitative estimate of drug-likeness (QED) is 0.898. The van der Waals surface area contributed by atoms with Gasteiger partial charge in [0.1, 0.15) is 0 Å². The van der Waals surface area contributed by atoms with E-state index >= 15 is 0 Å². The summed E-state index contributed by atoms with van der Waals surface area (Å²) in [5, 5.41) is 4.05. The molecule has 3 nitrogen and oxygen atoms in total. The molecule has 114 valence electrons. The summed E-state index contributed by atoms with van der Waals surface area (Å²) in [6.45, 7) is 0. The van der Waals surface area contributed by atoms with E-state index in [1.54, 1.807) is 10.9 Å². The molecule has 21 heavy (non-hydrogen) atoms. The fourth-order valence-corrected chi connectivity index (χ4v) is 2.65. The molecule has 0 spiro atoms. The molecular weight excluding hydrogens is 347 g/mol. The molecule has 2 rings (SSSR count). The molecule has 0 bridgehead atoms. The fraction of sp³-hybridized carbons (Fsp3) is 0.357. The van der Waals surface area contributed by atoms with Crippen LogP contribution in [0, 0.1) is 0 Å². The van der Waals surface area contributed by atoms with Crippen molar-refractivity contribution in [2.75, 3.05) is 0 Å². The summed E-state index contributed by atoms with van der Waals surface area (Å²) < 4.78 is 40.6. The first-order valence-corrected chi connectivity index (χ1v) is 7.17. The van der Waals surface area contributed by atoms with Crippen LogP contribution < -0.4 is 5.73 Å². The van der Waals surface area contributed by atoms with Crippen molar-refractivity contribution in [2.24, 2.45) is 12.8 Å². The molecule has 0 radical (unpaired) electrons. The summed E-state index contributed by atoms with van der Waals surface area (Å²) in [5.41, 5.74) is 6.82. The van der Waals surface area contributed by atoms with Crippen molar-refractivity contribution in [3.8, 4) is 0 Å². The van der Waals surface area contributed by atoms with Crippen molar-refractivity contribution in [3.63, 3.8) is 0 Å². The third-order valence-electron chi connectivity index (χ3n) is 3.36. The van der Waals surface area contributed by atoms with Crippen LogP contribution in [0.15, 0.2) is 34.9 Å². The topological polar surface area (TPSA) is 43.8 Å². The van der Waals surface area contributed by atoms with Gasteiger partial charge in [0.15, 0.2) is 0 Å². The zero-order chi connectivity index (χ0) is 15.6. The molecule has 2 aromatic rings. The number of alkyl halides is 3. The number of aromatic nitrogens is 2. The van der Waals surface area contributed by atoms with E-state index in [0.717, 1.165) is 17.8 Å². The molecule has 0 aliphatic heterocycles. The van der Waals surface area contributed by atoms with Crippen LogP contribution in [0.4, 0.5) is 13.2 Å². The highest BCUT2D eigenvalue weighted by Crippen LogP contribution is 2.34. The summed E-state index contributed by atoms with van der Waals surface area (Å²) in [5.74, 6) is 0. The van der Waals surface area contributed by atoms with Gasteiger partial charge in [-0.1, -0.05) is 15.9 Å². The van der Waals surface area contributed by atoms with Crippen LogP contribution in [-0.2, 0) is 19.6 Å². The Balaban J connectivity index is 2.15. The first-order chi connectivity index (χ1) is 9.79. The van der Waals surface area contributed by atoms with Crippen molar-refractivity contribution in [3.05, 3.63) is 51.8 Å². The van der Waals surface area contributed by atoms with Crippen molar-refractivity contribution in [1.82, 2.24) is 9.78 Å². The predicted octanol–water partition coefficient (Wildman–Crippen LogP) is 3.83. The standard InChI is InChI=1S/C14H15BrF3N3/c1-21-10(6-7-20-21)3-5-13(19)11-8-9(14(16,17)18)2-4-12(11)15/h2,4,6-8,13H,3,5,19H2,1H3. The van der Waals surface area contributed by atoms with Gasteiger partial charge in [0, 0.05) is 29.5 Å². The molecule has 1 heterocycles. The van der Waals surface area contributed by atoms with Gasteiger partial charge in [-0.05, 0) is 42.7 Å². The zero-order valence-electron chi connectivity index (χ0n) is 11.4. The highest BCUT2D eigenvalue weighted by atomic mass is 79.9. The van der Waals surface area contributed by atoms with Gasteiger partial charge in [0.25, 0.3) is 0 Å². The molecule has 1 atom stereocenters. The lowest BCUT2D eigenvalue weighted by Gasteiger charge is -2.16. The minimum Gasteiger partial charge on any atom is -0.324 e. The van der Waals surface area contributed by atoms with E-state index in [4.69, 9.17) is 5.73 Å². The summed E-state index contributed by atoms with van der Waals surface area (Å²) >= 11 is 3.27. The van der Waals surface area contributed by atoms with Crippen molar-refractivity contribution < 1.29 is 13.2 Å². The maximum absolute atomic E-state index is 12.8. The van der Waals surface area contributed by atoms with Crippen LogP contribution in [0.25, 0.3) is 0 Å². The fourth-order valence-electron chi connectivity index (χ4n) is 2.11. The minimum atomic E-state index is -4.36. The van der Waals surface area contributed by atoms with Gasteiger partial charge in [0.05, 0.1) is 5.56 Å². The first kappa shape index (κ1) is 16.0. The molecule has 0 aliphatic rings. The Hall–Kier alpha value is -1.34. The number of hydrogen-bond donors (Lipinski definition) is 1. The van der Waals surface area contributed by atoms with E-state index in [1.165, 1.54) is 6.07 Å². The average molecular weight is 362 g/mol. The van der Waals surface area contributed by atoms with Crippen LogP contribution >= 0.6 is 15.9 Å². The average Bonchev–Trinajstić information content (AvgIpc) is 2.80. The van der Waals surface area contributed by atoms with E-state index in [9.17, 15) is 13.2 Å². The second-order valence-corrected chi connectivity index (χ2v) is 5.68. The smallest absolute Gasteiger partial charge is 0.324 e. The number of benzene rings is 1.